The zero-order chi connectivity index (χ0) is 21.7. The highest BCUT2D eigenvalue weighted by atomic mass is 79.9. The Morgan fingerprint density at radius 3 is 2.70 bits per heavy atom. The lowest BCUT2D eigenvalue weighted by Gasteiger charge is -2.14. The van der Waals surface area contributed by atoms with Gasteiger partial charge in [-0.3, -0.25) is 14.5 Å². The lowest BCUT2D eigenvalue weighted by atomic mass is 10.1. The van der Waals surface area contributed by atoms with Crippen LogP contribution in [0, 0.1) is 5.82 Å². The minimum atomic E-state index is -0.464. The van der Waals surface area contributed by atoms with Crippen LogP contribution in [-0.2, 0) is 11.3 Å². The first kappa shape index (κ1) is 22.1. The van der Waals surface area contributed by atoms with Crippen LogP contribution >= 0.6 is 27.7 Å². The average molecular weight is 492 g/mol. The van der Waals surface area contributed by atoms with Gasteiger partial charge in [0.1, 0.15) is 12.4 Å². The molecule has 156 valence electrons. The standard InChI is InChI=1S/C22H19BrFNO4S/c1-3-9-29-20-16(23)10-14(11-18(20)28-4-2)12-19-21(26)25(22(27)30-19)13-15-7-5-6-8-17(15)24/h3,5-8,10-12H,1,4,9,13H2,2H3/b19-12+. The zero-order valence-corrected chi connectivity index (χ0v) is 18.6. The molecule has 3 rings (SSSR count). The Bertz CT molecular complexity index is 1020. The van der Waals surface area contributed by atoms with Crippen LogP contribution < -0.4 is 9.47 Å². The van der Waals surface area contributed by atoms with E-state index < -0.39 is 17.0 Å². The molecule has 0 aromatic heterocycles. The van der Waals surface area contributed by atoms with Crippen molar-refractivity contribution in [2.75, 3.05) is 13.2 Å². The number of rotatable bonds is 8. The summed E-state index contributed by atoms with van der Waals surface area (Å²) in [5.74, 6) is 0.113. The molecule has 0 atom stereocenters. The van der Waals surface area contributed by atoms with Gasteiger partial charge in [0.25, 0.3) is 11.1 Å². The SMILES string of the molecule is C=CCOc1c(Br)cc(/C=C2/SC(=O)N(Cc3ccccc3F)C2=O)cc1OCC. The Balaban J connectivity index is 1.87. The van der Waals surface area contributed by atoms with Gasteiger partial charge in [0.15, 0.2) is 11.5 Å². The van der Waals surface area contributed by atoms with Crippen LogP contribution in [0.15, 0.2) is 58.4 Å². The fourth-order valence-corrected chi connectivity index (χ4v) is 4.21. The summed E-state index contributed by atoms with van der Waals surface area (Å²) in [5.41, 5.74) is 0.943. The molecule has 1 heterocycles. The van der Waals surface area contributed by atoms with E-state index in [4.69, 9.17) is 9.47 Å². The molecule has 2 aromatic carbocycles. The minimum Gasteiger partial charge on any atom is -0.490 e. The number of ether oxygens (including phenoxy) is 2. The first-order chi connectivity index (χ1) is 14.4. The van der Waals surface area contributed by atoms with E-state index >= 15 is 0 Å². The Morgan fingerprint density at radius 1 is 1.23 bits per heavy atom. The number of thioether (sulfide) groups is 1. The number of carbonyl (C=O) groups is 2. The van der Waals surface area contributed by atoms with E-state index in [1.807, 2.05) is 6.92 Å². The van der Waals surface area contributed by atoms with Crippen LogP contribution in [0.25, 0.3) is 6.08 Å². The van der Waals surface area contributed by atoms with Gasteiger partial charge in [-0.1, -0.05) is 30.9 Å². The van der Waals surface area contributed by atoms with Crippen molar-refractivity contribution in [2.45, 2.75) is 13.5 Å². The Morgan fingerprint density at radius 2 is 2.00 bits per heavy atom. The molecule has 0 unspecified atom stereocenters. The molecule has 0 bridgehead atoms. The summed E-state index contributed by atoms with van der Waals surface area (Å²) >= 11 is 4.28. The lowest BCUT2D eigenvalue weighted by molar-refractivity contribution is -0.123. The van der Waals surface area contributed by atoms with Crippen LogP contribution in [0.3, 0.4) is 0 Å². The summed E-state index contributed by atoms with van der Waals surface area (Å²) in [6, 6.07) is 9.57. The predicted molar refractivity (Wildman–Crippen MR) is 119 cm³/mol. The van der Waals surface area contributed by atoms with Gasteiger partial charge >= 0.3 is 0 Å². The van der Waals surface area contributed by atoms with Gasteiger partial charge < -0.3 is 9.47 Å². The molecule has 0 N–H and O–H groups in total. The fraction of sp³-hybridized carbons (Fsp3) is 0.182. The number of carbonyl (C=O) groups excluding carboxylic acids is 2. The highest BCUT2D eigenvalue weighted by Gasteiger charge is 2.35. The lowest BCUT2D eigenvalue weighted by Crippen LogP contribution is -2.27. The number of hydrogen-bond donors (Lipinski definition) is 0. The number of amides is 2. The first-order valence-corrected chi connectivity index (χ1v) is 10.7. The number of nitrogens with zero attached hydrogens (tertiary/aromatic N) is 1. The molecule has 1 fully saturated rings. The molecule has 5 nitrogen and oxygen atoms in total. The van der Waals surface area contributed by atoms with E-state index in [-0.39, 0.29) is 17.0 Å². The summed E-state index contributed by atoms with van der Waals surface area (Å²) in [6.07, 6.45) is 3.23. The Hall–Kier alpha value is -2.58. The molecule has 0 saturated carbocycles. The topological polar surface area (TPSA) is 55.8 Å². The molecule has 0 radical (unpaired) electrons. The van der Waals surface area contributed by atoms with Crippen molar-refractivity contribution in [3.63, 3.8) is 0 Å². The van der Waals surface area contributed by atoms with Crippen LogP contribution in [-0.4, -0.2) is 29.3 Å². The molecule has 2 amide bonds. The van der Waals surface area contributed by atoms with Gasteiger partial charge in [0, 0.05) is 5.56 Å². The van der Waals surface area contributed by atoms with Gasteiger partial charge in [-0.25, -0.2) is 4.39 Å². The predicted octanol–water partition coefficient (Wildman–Crippen LogP) is 5.79. The number of halogens is 2. The van der Waals surface area contributed by atoms with Crippen molar-refractivity contribution in [1.82, 2.24) is 4.90 Å². The minimum absolute atomic E-state index is 0.114. The van der Waals surface area contributed by atoms with Crippen molar-refractivity contribution >= 4 is 44.9 Å². The Kier molecular flexibility index (Phi) is 7.33. The largest absolute Gasteiger partial charge is 0.490 e. The summed E-state index contributed by atoms with van der Waals surface area (Å²) in [5, 5.41) is -0.440. The van der Waals surface area contributed by atoms with Crippen LogP contribution in [0.5, 0.6) is 11.5 Å². The fourth-order valence-electron chi connectivity index (χ4n) is 2.80. The molecule has 0 spiro atoms. The van der Waals surface area contributed by atoms with Crippen LogP contribution in [0.4, 0.5) is 9.18 Å². The van der Waals surface area contributed by atoms with Gasteiger partial charge in [0.2, 0.25) is 0 Å². The maximum atomic E-state index is 13.9. The normalized spacial score (nSPS) is 15.0. The monoisotopic (exact) mass is 491 g/mol. The molecule has 2 aromatic rings. The molecule has 1 saturated heterocycles. The number of benzene rings is 2. The van der Waals surface area contributed by atoms with Crippen LogP contribution in [0.1, 0.15) is 18.1 Å². The summed E-state index contributed by atoms with van der Waals surface area (Å²) in [4.78, 5) is 26.4. The molecule has 8 heteroatoms. The molecule has 1 aliphatic rings. The molecular formula is C22H19BrFNO4S. The van der Waals surface area contributed by atoms with Crippen molar-refractivity contribution in [2.24, 2.45) is 0 Å². The van der Waals surface area contributed by atoms with E-state index in [1.165, 1.54) is 6.07 Å². The van der Waals surface area contributed by atoms with E-state index in [0.717, 1.165) is 16.7 Å². The smallest absolute Gasteiger partial charge is 0.293 e. The highest BCUT2D eigenvalue weighted by molar-refractivity contribution is 9.10. The van der Waals surface area contributed by atoms with E-state index in [9.17, 15) is 14.0 Å². The third-order valence-corrected chi connectivity index (χ3v) is 5.63. The highest BCUT2D eigenvalue weighted by Crippen LogP contribution is 2.39. The second-order valence-corrected chi connectivity index (χ2v) is 8.07. The zero-order valence-electron chi connectivity index (χ0n) is 16.2. The van der Waals surface area contributed by atoms with Gasteiger partial charge in [0.05, 0.1) is 22.5 Å². The third-order valence-electron chi connectivity index (χ3n) is 4.13. The van der Waals surface area contributed by atoms with Crippen LogP contribution in [0.2, 0.25) is 0 Å². The van der Waals surface area contributed by atoms with Crippen molar-refractivity contribution in [3.8, 4) is 11.5 Å². The quantitative estimate of drug-likeness (QED) is 0.345. The van der Waals surface area contributed by atoms with E-state index in [2.05, 4.69) is 22.5 Å². The Labute approximate surface area is 186 Å². The van der Waals surface area contributed by atoms with Crippen molar-refractivity contribution in [3.05, 3.63) is 75.4 Å². The van der Waals surface area contributed by atoms with Gasteiger partial charge in [-0.15, -0.1) is 0 Å². The van der Waals surface area contributed by atoms with Crippen molar-refractivity contribution < 1.29 is 23.5 Å². The second-order valence-electron chi connectivity index (χ2n) is 6.22. The summed E-state index contributed by atoms with van der Waals surface area (Å²) < 4.78 is 25.9. The van der Waals surface area contributed by atoms with Gasteiger partial charge in [-0.2, -0.15) is 0 Å². The van der Waals surface area contributed by atoms with Gasteiger partial charge in [-0.05, 0) is 64.5 Å². The average Bonchev–Trinajstić information content (AvgIpc) is 2.96. The number of hydrogen-bond acceptors (Lipinski definition) is 5. The maximum absolute atomic E-state index is 13.9. The molecule has 0 aliphatic carbocycles. The third kappa shape index (κ3) is 4.94. The van der Waals surface area contributed by atoms with E-state index in [1.54, 1.807) is 42.5 Å². The van der Waals surface area contributed by atoms with E-state index in [0.29, 0.717) is 34.7 Å². The molecule has 1 aliphatic heterocycles. The molecule has 30 heavy (non-hydrogen) atoms. The molecular weight excluding hydrogens is 473 g/mol. The maximum Gasteiger partial charge on any atom is 0.293 e. The number of imide groups is 1. The second kappa shape index (κ2) is 9.95. The van der Waals surface area contributed by atoms with Crippen molar-refractivity contribution in [1.29, 1.82) is 0 Å². The first-order valence-electron chi connectivity index (χ1n) is 9.13. The summed E-state index contributed by atoms with van der Waals surface area (Å²) in [6.45, 7) is 6.12. The summed E-state index contributed by atoms with van der Waals surface area (Å²) in [7, 11) is 0.